The lowest BCUT2D eigenvalue weighted by atomic mass is 9.61. The number of hydrogen-bond donors (Lipinski definition) is 0. The van der Waals surface area contributed by atoms with Crippen LogP contribution < -0.4 is 4.72 Å². The van der Waals surface area contributed by atoms with Gasteiger partial charge in [-0.1, -0.05) is 78.7 Å². The van der Waals surface area contributed by atoms with Gasteiger partial charge in [0.2, 0.25) is 0 Å². The van der Waals surface area contributed by atoms with Crippen LogP contribution in [0.25, 0.3) is 38.6 Å². The molecule has 4 aromatic carbocycles. The molecule has 178 valence electrons. The smallest absolute Gasteiger partial charge is 0.411 e. The van der Waals surface area contributed by atoms with Crippen LogP contribution in [0.3, 0.4) is 0 Å². The Labute approximate surface area is 222 Å². The Morgan fingerprint density at radius 2 is 1.13 bits per heavy atom. The van der Waals surface area contributed by atoms with Gasteiger partial charge < -0.3 is 19.1 Å². The van der Waals surface area contributed by atoms with Gasteiger partial charge in [0.15, 0.2) is 0 Å². The van der Waals surface area contributed by atoms with Crippen LogP contribution in [0.15, 0.2) is 146 Å². The van der Waals surface area contributed by atoms with Crippen molar-refractivity contribution >= 4 is 41.5 Å². The van der Waals surface area contributed by atoms with E-state index in [0.29, 0.717) is 0 Å². The highest BCUT2D eigenvalue weighted by Crippen LogP contribution is 2.37. The van der Waals surface area contributed by atoms with Gasteiger partial charge in [-0.15, -0.1) is 0 Å². The van der Waals surface area contributed by atoms with E-state index in [9.17, 15) is 0 Å². The lowest BCUT2D eigenvalue weighted by Crippen LogP contribution is -2.45. The summed E-state index contributed by atoms with van der Waals surface area (Å²) in [5.41, 5.74) is 7.28. The first-order chi connectivity index (χ1) is 18.9. The zero-order chi connectivity index (χ0) is 25.1. The van der Waals surface area contributed by atoms with Crippen LogP contribution >= 0.6 is 0 Å². The summed E-state index contributed by atoms with van der Waals surface area (Å²) in [6, 6.07) is 35.2. The van der Waals surface area contributed by atoms with Crippen LogP contribution in [0.4, 0.5) is 5.69 Å². The largest absolute Gasteiger partial charge is 0.413 e. The fraction of sp³-hybridized carbons (Fsp3) is 0. The van der Waals surface area contributed by atoms with E-state index in [0.717, 1.165) is 0 Å². The van der Waals surface area contributed by atoms with Crippen molar-refractivity contribution in [1.82, 2.24) is 14.4 Å². The molecule has 1 aromatic heterocycles. The van der Waals surface area contributed by atoms with E-state index in [-0.39, 0.29) is 14.0 Å². The zero-order valence-electron chi connectivity index (χ0n) is 20.8. The number of allylic oxidation sites excluding steroid dienone is 4. The zero-order valence-corrected chi connectivity index (χ0v) is 20.8. The van der Waals surface area contributed by atoms with Crippen molar-refractivity contribution in [1.29, 1.82) is 0 Å². The van der Waals surface area contributed by atoms with Crippen LogP contribution in [0.2, 0.25) is 0 Å². The first kappa shape index (κ1) is 21.3. The van der Waals surface area contributed by atoms with Gasteiger partial charge in [-0.2, -0.15) is 0 Å². The summed E-state index contributed by atoms with van der Waals surface area (Å²) in [6.07, 6.45) is 12.8. The topological polar surface area (TPSA) is 14.7 Å². The molecule has 1 saturated heterocycles. The van der Waals surface area contributed by atoms with E-state index in [4.69, 9.17) is 0 Å². The number of hydrogen-bond acceptors (Lipinski definition) is 3. The lowest BCUT2D eigenvalue weighted by molar-refractivity contribution is 0.312. The molecule has 0 saturated carbocycles. The second-order valence-electron chi connectivity index (χ2n) is 9.92. The third-order valence-corrected chi connectivity index (χ3v) is 7.81. The minimum absolute atomic E-state index is 0.138. The number of nitrogens with zero attached hydrogens (tertiary/aromatic N) is 4. The lowest BCUT2D eigenvalue weighted by Gasteiger charge is -2.30. The second kappa shape index (κ2) is 8.35. The van der Waals surface area contributed by atoms with Gasteiger partial charge in [-0.25, -0.2) is 0 Å². The number of para-hydroxylation sites is 2. The van der Waals surface area contributed by atoms with Crippen molar-refractivity contribution in [3.05, 3.63) is 146 Å². The highest BCUT2D eigenvalue weighted by molar-refractivity contribution is 6.89. The van der Waals surface area contributed by atoms with Crippen molar-refractivity contribution in [2.45, 2.75) is 0 Å². The average Bonchev–Trinajstić information content (AvgIpc) is 3.50. The van der Waals surface area contributed by atoms with Crippen LogP contribution in [-0.4, -0.2) is 28.4 Å². The van der Waals surface area contributed by atoms with Crippen LogP contribution in [0.1, 0.15) is 0 Å². The molecular formula is C32H24B2N4. The van der Waals surface area contributed by atoms with E-state index >= 15 is 0 Å². The molecule has 5 aromatic rings. The molecular weight excluding hydrogens is 462 g/mol. The molecule has 6 heteroatoms. The Balaban J connectivity index is 1.25. The number of aromatic nitrogens is 1. The van der Waals surface area contributed by atoms with Crippen molar-refractivity contribution in [2.75, 3.05) is 4.72 Å². The molecule has 0 spiro atoms. The number of rotatable bonds is 3. The summed E-state index contributed by atoms with van der Waals surface area (Å²) in [5.74, 6) is 4.52. The average molecular weight is 486 g/mol. The maximum Gasteiger partial charge on any atom is 0.411 e. The highest BCUT2D eigenvalue weighted by Gasteiger charge is 2.48. The molecule has 1 fully saturated rings. The maximum atomic E-state index is 2.48. The van der Waals surface area contributed by atoms with E-state index in [1.165, 1.54) is 44.3 Å². The molecule has 0 unspecified atom stereocenters. The molecule has 8 rings (SSSR count). The van der Waals surface area contributed by atoms with Gasteiger partial charge in [0.05, 0.1) is 11.0 Å². The molecule has 4 nitrogen and oxygen atoms in total. The molecule has 4 heterocycles. The molecule has 0 N–H and O–H groups in total. The number of fused-ring (bicyclic) bond motifs is 6. The van der Waals surface area contributed by atoms with Crippen molar-refractivity contribution in [3.63, 3.8) is 0 Å². The first-order valence-corrected chi connectivity index (χ1v) is 13.1. The quantitative estimate of drug-likeness (QED) is 0.255. The number of anilines is 1. The van der Waals surface area contributed by atoms with E-state index < -0.39 is 0 Å². The van der Waals surface area contributed by atoms with Crippen molar-refractivity contribution < 1.29 is 0 Å². The van der Waals surface area contributed by atoms with Gasteiger partial charge in [-0.3, -0.25) is 0 Å². The van der Waals surface area contributed by atoms with Gasteiger partial charge in [0.1, 0.15) is 0 Å². The van der Waals surface area contributed by atoms with Gasteiger partial charge >= 0.3 is 14.0 Å². The summed E-state index contributed by atoms with van der Waals surface area (Å²) < 4.78 is 4.84. The molecule has 0 atom stereocenters. The molecule has 0 aliphatic carbocycles. The van der Waals surface area contributed by atoms with Crippen molar-refractivity contribution in [3.8, 4) is 16.8 Å². The Hall–Kier alpha value is -4.83. The van der Waals surface area contributed by atoms with E-state index in [1.807, 2.05) is 0 Å². The molecule has 0 radical (unpaired) electrons. The van der Waals surface area contributed by atoms with Gasteiger partial charge in [0.25, 0.3) is 0 Å². The Kier molecular flexibility index (Phi) is 4.68. The van der Waals surface area contributed by atoms with Gasteiger partial charge in [0, 0.05) is 34.5 Å². The fourth-order valence-electron chi connectivity index (χ4n) is 6.14. The Morgan fingerprint density at radius 3 is 1.92 bits per heavy atom. The standard InChI is InChI=1S/C32H24B2N4/c1-2-12-27(13-3-1)37-31-16-5-4-15-29(31)30-24-26(17-18-32(30)37)25-11-10-14-28(23-25)38-33-19-6-8-21-35(33)36-22-9-7-20-34(36)38/h1-24H. The summed E-state index contributed by atoms with van der Waals surface area (Å²) in [5, 5.41) is 2.54. The minimum atomic E-state index is 0.138. The Bertz CT molecular complexity index is 1780. The summed E-state index contributed by atoms with van der Waals surface area (Å²) >= 11 is 0. The molecule has 3 aliphatic heterocycles. The van der Waals surface area contributed by atoms with Crippen LogP contribution in [0, 0.1) is 0 Å². The predicted molar refractivity (Wildman–Crippen MR) is 160 cm³/mol. The number of hydrazine groups is 1. The monoisotopic (exact) mass is 486 g/mol. The predicted octanol–water partition coefficient (Wildman–Crippen LogP) is 7.01. The third-order valence-electron chi connectivity index (χ3n) is 7.81. The Morgan fingerprint density at radius 1 is 0.474 bits per heavy atom. The third kappa shape index (κ3) is 3.13. The second-order valence-corrected chi connectivity index (χ2v) is 9.92. The summed E-state index contributed by atoms with van der Waals surface area (Å²) in [7, 11) is 0. The minimum Gasteiger partial charge on any atom is -0.413 e. The van der Waals surface area contributed by atoms with E-state index in [1.54, 1.807) is 0 Å². The fourth-order valence-corrected chi connectivity index (χ4v) is 6.14. The molecule has 0 amide bonds. The normalized spacial score (nSPS) is 15.7. The van der Waals surface area contributed by atoms with Gasteiger partial charge in [-0.05, 0) is 65.7 Å². The first-order valence-electron chi connectivity index (χ1n) is 13.1. The molecule has 38 heavy (non-hydrogen) atoms. The SMILES string of the molecule is C1=CB2N(c3cccc(-c4ccc5c(c4)c4ccccc4n5-c4ccccc4)c3)B3C=CC=CN3N2C=C1. The van der Waals surface area contributed by atoms with Crippen molar-refractivity contribution in [2.24, 2.45) is 0 Å². The maximum absolute atomic E-state index is 2.48. The number of benzene rings is 4. The summed E-state index contributed by atoms with van der Waals surface area (Å²) in [6.45, 7) is 0.276. The highest BCUT2D eigenvalue weighted by atomic mass is 15.6. The molecule has 0 bridgehead atoms. The van der Waals surface area contributed by atoms with Crippen LogP contribution in [-0.2, 0) is 0 Å². The molecule has 3 aliphatic rings. The van der Waals surface area contributed by atoms with Crippen LogP contribution in [0.5, 0.6) is 0 Å². The van der Waals surface area contributed by atoms with E-state index in [2.05, 4.69) is 165 Å². The summed E-state index contributed by atoms with van der Waals surface area (Å²) in [4.78, 5) is 4.59.